The van der Waals surface area contributed by atoms with Crippen molar-refractivity contribution in [1.29, 1.82) is 0 Å². The Morgan fingerprint density at radius 3 is 2.71 bits per heavy atom. The van der Waals surface area contributed by atoms with Gasteiger partial charge in [0.1, 0.15) is 17.9 Å². The van der Waals surface area contributed by atoms with Crippen LogP contribution in [0.4, 0.5) is 8.78 Å². The number of aldehydes is 1. The van der Waals surface area contributed by atoms with Gasteiger partial charge in [-0.3, -0.25) is 0 Å². The van der Waals surface area contributed by atoms with Crippen molar-refractivity contribution < 1.29 is 23.4 Å². The van der Waals surface area contributed by atoms with Gasteiger partial charge in [0, 0.05) is 36.7 Å². The van der Waals surface area contributed by atoms with Crippen molar-refractivity contribution in [2.24, 2.45) is 0 Å². The molecule has 0 aliphatic carbocycles. The summed E-state index contributed by atoms with van der Waals surface area (Å²) in [5.74, 6) is -1.13. The van der Waals surface area contributed by atoms with Gasteiger partial charge < -0.3 is 29.9 Å². The Kier molecular flexibility index (Phi) is 8.62. The minimum Gasteiger partial charge on any atom is -0.451 e. The van der Waals surface area contributed by atoms with Gasteiger partial charge >= 0.3 is 0 Å². The maximum Gasteiger partial charge on any atom is 0.199 e. The SMILES string of the molecule is CNC(c1cccc(CCC=O)c1)c1cnc(-c2cccc(Oc3c(F)cc4[nH]ccc4c3F)c2)[nH]1.CO. The van der Waals surface area contributed by atoms with E-state index in [1.54, 1.807) is 30.6 Å². The number of fused-ring (bicyclic) bond motifs is 1. The number of hydrogen-bond donors (Lipinski definition) is 4. The summed E-state index contributed by atoms with van der Waals surface area (Å²) in [5, 5.41) is 10.6. The second-order valence-corrected chi connectivity index (χ2v) is 8.43. The van der Waals surface area contributed by atoms with E-state index in [1.165, 1.54) is 12.1 Å². The lowest BCUT2D eigenvalue weighted by Crippen LogP contribution is -2.18. The van der Waals surface area contributed by atoms with Crippen LogP contribution in [-0.4, -0.2) is 40.5 Å². The number of imidazole rings is 1. The monoisotopic (exact) mass is 518 g/mol. The molecule has 0 saturated heterocycles. The molecule has 0 spiro atoms. The van der Waals surface area contributed by atoms with Crippen LogP contribution >= 0.6 is 0 Å². The number of benzene rings is 3. The van der Waals surface area contributed by atoms with Crippen LogP contribution in [-0.2, 0) is 11.2 Å². The van der Waals surface area contributed by atoms with Crippen LogP contribution in [0.25, 0.3) is 22.3 Å². The average molecular weight is 519 g/mol. The van der Waals surface area contributed by atoms with Crippen molar-refractivity contribution >= 4 is 17.2 Å². The number of H-pyrrole nitrogens is 2. The molecular weight excluding hydrogens is 490 g/mol. The van der Waals surface area contributed by atoms with Gasteiger partial charge in [-0.1, -0.05) is 36.4 Å². The maximum atomic E-state index is 14.8. The molecule has 0 aliphatic rings. The van der Waals surface area contributed by atoms with Crippen molar-refractivity contribution in [3.63, 3.8) is 0 Å². The summed E-state index contributed by atoms with van der Waals surface area (Å²) in [6.07, 6.45) is 5.38. The minimum absolute atomic E-state index is 0.141. The molecule has 1 unspecified atom stereocenters. The van der Waals surface area contributed by atoms with E-state index in [1.807, 2.05) is 31.3 Å². The zero-order valence-corrected chi connectivity index (χ0v) is 21.0. The summed E-state index contributed by atoms with van der Waals surface area (Å²) in [6.45, 7) is 0. The fourth-order valence-corrected chi connectivity index (χ4v) is 4.32. The van der Waals surface area contributed by atoms with E-state index in [0.29, 0.717) is 29.7 Å². The molecular formula is C29H28F2N4O3. The predicted molar refractivity (Wildman–Crippen MR) is 142 cm³/mol. The molecule has 0 radical (unpaired) electrons. The van der Waals surface area contributed by atoms with E-state index >= 15 is 0 Å². The predicted octanol–water partition coefficient (Wildman–Crippen LogP) is 5.68. The van der Waals surface area contributed by atoms with E-state index < -0.39 is 17.4 Å². The summed E-state index contributed by atoms with van der Waals surface area (Å²) in [4.78, 5) is 21.4. The topological polar surface area (TPSA) is 103 Å². The first-order valence-electron chi connectivity index (χ1n) is 12.0. The van der Waals surface area contributed by atoms with Gasteiger partial charge in [-0.2, -0.15) is 0 Å². The van der Waals surface area contributed by atoms with Crippen LogP contribution in [0.5, 0.6) is 11.5 Å². The number of carbonyl (C=O) groups excluding carboxylic acids is 1. The van der Waals surface area contributed by atoms with Crippen LogP contribution in [0.1, 0.15) is 29.3 Å². The highest BCUT2D eigenvalue weighted by molar-refractivity contribution is 5.82. The minimum atomic E-state index is -0.791. The van der Waals surface area contributed by atoms with Gasteiger partial charge in [-0.25, -0.2) is 13.8 Å². The van der Waals surface area contributed by atoms with Gasteiger partial charge in [0.2, 0.25) is 0 Å². The molecule has 1 atom stereocenters. The third-order valence-electron chi connectivity index (χ3n) is 6.06. The second-order valence-electron chi connectivity index (χ2n) is 8.43. The normalized spacial score (nSPS) is 11.6. The number of nitrogens with one attached hydrogen (secondary N) is 3. The third kappa shape index (κ3) is 5.64. The lowest BCUT2D eigenvalue weighted by atomic mass is 10.00. The van der Waals surface area contributed by atoms with Gasteiger partial charge in [0.15, 0.2) is 17.4 Å². The molecule has 2 aromatic heterocycles. The standard InChI is InChI=1S/C28H24F2N4O2.CH4O/c1-31-26(18-7-2-5-17(13-18)6-4-12-35)24-16-33-28(34-24)19-8-3-9-20(14-19)36-27-22(29)15-23-21(25(27)30)10-11-32-23;1-2/h2-3,5,7-16,26,31-32H,4,6H2,1H3,(H,33,34);2H,1H3. The van der Waals surface area contributed by atoms with Gasteiger partial charge in [-0.05, 0) is 42.8 Å². The molecule has 0 amide bonds. The summed E-state index contributed by atoms with van der Waals surface area (Å²) < 4.78 is 35.0. The van der Waals surface area contributed by atoms with Gasteiger partial charge in [-0.15, -0.1) is 0 Å². The molecule has 2 heterocycles. The van der Waals surface area contributed by atoms with E-state index in [9.17, 15) is 13.6 Å². The maximum absolute atomic E-state index is 14.8. The molecule has 0 fully saturated rings. The zero-order valence-electron chi connectivity index (χ0n) is 21.0. The van der Waals surface area contributed by atoms with Crippen molar-refractivity contribution in [3.05, 3.63) is 102 Å². The quantitative estimate of drug-likeness (QED) is 0.188. The number of ether oxygens (including phenoxy) is 1. The van der Waals surface area contributed by atoms with Crippen LogP contribution < -0.4 is 10.1 Å². The molecule has 7 nitrogen and oxygen atoms in total. The van der Waals surface area contributed by atoms with Crippen LogP contribution in [0, 0.1) is 11.6 Å². The number of halogens is 2. The number of aliphatic hydroxyl groups excluding tert-OH is 1. The van der Waals surface area contributed by atoms with Crippen molar-refractivity contribution in [2.45, 2.75) is 18.9 Å². The number of aliphatic hydroxyl groups is 1. The number of nitrogens with zero attached hydrogens (tertiary/aromatic N) is 1. The number of hydrogen-bond acceptors (Lipinski definition) is 5. The third-order valence-corrected chi connectivity index (χ3v) is 6.06. The Bertz CT molecular complexity index is 1530. The van der Waals surface area contributed by atoms with Crippen molar-refractivity contribution in [2.75, 3.05) is 14.2 Å². The Morgan fingerprint density at radius 2 is 1.92 bits per heavy atom. The lowest BCUT2D eigenvalue weighted by Gasteiger charge is -2.16. The highest BCUT2D eigenvalue weighted by atomic mass is 19.1. The van der Waals surface area contributed by atoms with Gasteiger partial charge in [0.25, 0.3) is 0 Å². The fraction of sp³-hybridized carbons (Fsp3) is 0.172. The molecule has 3 aromatic carbocycles. The largest absolute Gasteiger partial charge is 0.451 e. The molecule has 0 aliphatic heterocycles. The number of aromatic amines is 2. The van der Waals surface area contributed by atoms with Crippen molar-refractivity contribution in [3.8, 4) is 22.9 Å². The molecule has 0 bridgehead atoms. The molecule has 5 rings (SSSR count). The fourth-order valence-electron chi connectivity index (χ4n) is 4.32. The molecule has 4 N–H and O–H groups in total. The van der Waals surface area contributed by atoms with E-state index in [-0.39, 0.29) is 17.2 Å². The Morgan fingerprint density at radius 1 is 1.11 bits per heavy atom. The van der Waals surface area contributed by atoms with Gasteiger partial charge in [0.05, 0.1) is 23.4 Å². The first-order chi connectivity index (χ1) is 18.6. The number of carbonyl (C=O) groups is 1. The summed E-state index contributed by atoms with van der Waals surface area (Å²) in [5.41, 5.74) is 4.04. The number of aryl methyl sites for hydroxylation is 1. The molecule has 0 saturated carbocycles. The lowest BCUT2D eigenvalue weighted by molar-refractivity contribution is -0.107. The first kappa shape index (κ1) is 26.7. The summed E-state index contributed by atoms with van der Waals surface area (Å²) in [6, 6.07) is 17.6. The Labute approximate surface area is 218 Å². The van der Waals surface area contributed by atoms with Crippen LogP contribution in [0.2, 0.25) is 0 Å². The number of aromatic nitrogens is 3. The zero-order chi connectivity index (χ0) is 27.1. The summed E-state index contributed by atoms with van der Waals surface area (Å²) >= 11 is 0. The highest BCUT2D eigenvalue weighted by Gasteiger charge is 2.18. The second kappa shape index (κ2) is 12.3. The van der Waals surface area contributed by atoms with E-state index in [0.717, 1.165) is 30.2 Å². The molecule has 38 heavy (non-hydrogen) atoms. The smallest absolute Gasteiger partial charge is 0.199 e. The molecule has 9 heteroatoms. The molecule has 5 aromatic rings. The summed E-state index contributed by atoms with van der Waals surface area (Å²) in [7, 11) is 2.86. The Hall–Kier alpha value is -4.34. The van der Waals surface area contributed by atoms with E-state index in [4.69, 9.17) is 9.84 Å². The Balaban J connectivity index is 0.00000164. The van der Waals surface area contributed by atoms with Crippen molar-refractivity contribution in [1.82, 2.24) is 20.3 Å². The molecule has 196 valence electrons. The highest BCUT2D eigenvalue weighted by Crippen LogP contribution is 2.34. The van der Waals surface area contributed by atoms with Crippen LogP contribution in [0.3, 0.4) is 0 Å². The van der Waals surface area contributed by atoms with E-state index in [2.05, 4.69) is 26.3 Å². The van der Waals surface area contributed by atoms with Crippen LogP contribution in [0.15, 0.2) is 73.1 Å². The first-order valence-corrected chi connectivity index (χ1v) is 12.0. The number of rotatable bonds is 9. The average Bonchev–Trinajstić information content (AvgIpc) is 3.62.